The van der Waals surface area contributed by atoms with Gasteiger partial charge in [-0.05, 0) is 44.9 Å². The number of nitrogens with one attached hydrogen (secondary N) is 1. The predicted octanol–water partition coefficient (Wildman–Crippen LogP) is 16.4. The van der Waals surface area contributed by atoms with Gasteiger partial charge < -0.3 is 15.5 Å². The third-order valence-electron chi connectivity index (χ3n) is 12.0. The molecule has 0 aromatic carbocycles. The molecular formula is C52H101NO3. The second-order valence-electron chi connectivity index (χ2n) is 17.6. The first-order valence-corrected chi connectivity index (χ1v) is 25.5. The van der Waals surface area contributed by atoms with Crippen molar-refractivity contribution in [3.8, 4) is 0 Å². The van der Waals surface area contributed by atoms with Crippen molar-refractivity contribution in [2.45, 2.75) is 296 Å². The van der Waals surface area contributed by atoms with Gasteiger partial charge in [-0.3, -0.25) is 4.79 Å². The third-order valence-corrected chi connectivity index (χ3v) is 12.0. The van der Waals surface area contributed by atoms with Gasteiger partial charge in [0, 0.05) is 6.42 Å². The molecule has 3 N–H and O–H groups in total. The van der Waals surface area contributed by atoms with Crippen LogP contribution in [0.25, 0.3) is 0 Å². The maximum Gasteiger partial charge on any atom is 0.220 e. The van der Waals surface area contributed by atoms with Gasteiger partial charge >= 0.3 is 0 Å². The van der Waals surface area contributed by atoms with Crippen molar-refractivity contribution in [1.82, 2.24) is 5.32 Å². The summed E-state index contributed by atoms with van der Waals surface area (Å²) in [5.41, 5.74) is 0. The smallest absolute Gasteiger partial charge is 0.220 e. The van der Waals surface area contributed by atoms with Crippen LogP contribution in [0.5, 0.6) is 0 Å². The standard InChI is InChI=1S/C52H101NO3/c1-3-5-7-9-11-13-15-17-19-20-21-22-23-24-25-26-27-28-29-30-31-32-34-35-37-39-41-43-45-47-51(55)50(49-54)53-52(56)48-46-44-42-40-38-36-33-18-16-14-12-10-8-6-4-2/h12,14,18,33,50-51,54-55H,3-11,13,15-17,19-32,34-49H2,1-2H3,(H,53,56)/b14-12-,33-18-. The fourth-order valence-corrected chi connectivity index (χ4v) is 8.04. The van der Waals surface area contributed by atoms with E-state index in [0.717, 1.165) is 44.9 Å². The minimum absolute atomic E-state index is 0.0423. The highest BCUT2D eigenvalue weighted by Crippen LogP contribution is 2.17. The van der Waals surface area contributed by atoms with Crippen LogP contribution in [0.4, 0.5) is 0 Å². The molecule has 0 fully saturated rings. The molecule has 0 bridgehead atoms. The third kappa shape index (κ3) is 44.0. The van der Waals surface area contributed by atoms with Gasteiger partial charge in [-0.15, -0.1) is 0 Å². The van der Waals surface area contributed by atoms with Crippen LogP contribution in [0, 0.1) is 0 Å². The Morgan fingerprint density at radius 2 is 0.732 bits per heavy atom. The number of carbonyl (C=O) groups excluding carboxylic acids is 1. The minimum Gasteiger partial charge on any atom is -0.394 e. The molecular weight excluding hydrogens is 687 g/mol. The molecule has 0 heterocycles. The molecule has 0 saturated heterocycles. The number of rotatable bonds is 47. The second-order valence-corrected chi connectivity index (χ2v) is 17.6. The summed E-state index contributed by atoms with van der Waals surface area (Å²) >= 11 is 0. The first kappa shape index (κ1) is 54.9. The fraction of sp³-hybridized carbons (Fsp3) is 0.904. The molecule has 0 rings (SSSR count). The van der Waals surface area contributed by atoms with Crippen LogP contribution in [0.2, 0.25) is 0 Å². The predicted molar refractivity (Wildman–Crippen MR) is 249 cm³/mol. The van der Waals surface area contributed by atoms with Crippen molar-refractivity contribution < 1.29 is 15.0 Å². The van der Waals surface area contributed by atoms with Crippen molar-refractivity contribution in [2.75, 3.05) is 6.61 Å². The summed E-state index contributed by atoms with van der Waals surface area (Å²) in [6.45, 7) is 4.35. The van der Waals surface area contributed by atoms with Crippen LogP contribution >= 0.6 is 0 Å². The Morgan fingerprint density at radius 1 is 0.429 bits per heavy atom. The van der Waals surface area contributed by atoms with Gasteiger partial charge in [0.25, 0.3) is 0 Å². The van der Waals surface area contributed by atoms with E-state index < -0.39 is 12.1 Å². The normalized spacial score (nSPS) is 13.0. The summed E-state index contributed by atoms with van der Waals surface area (Å²) in [4.78, 5) is 12.4. The van der Waals surface area contributed by atoms with E-state index in [2.05, 4.69) is 43.5 Å². The summed E-state index contributed by atoms with van der Waals surface area (Å²) < 4.78 is 0. The summed E-state index contributed by atoms with van der Waals surface area (Å²) in [6, 6.07) is -0.542. The number of carbonyl (C=O) groups is 1. The van der Waals surface area contributed by atoms with Gasteiger partial charge in [-0.2, -0.15) is 0 Å². The summed E-state index contributed by atoms with van der Waals surface area (Å²) in [5.74, 6) is -0.0423. The van der Waals surface area contributed by atoms with Crippen LogP contribution in [-0.2, 0) is 4.79 Å². The van der Waals surface area contributed by atoms with Crippen molar-refractivity contribution in [2.24, 2.45) is 0 Å². The van der Waals surface area contributed by atoms with Gasteiger partial charge in [0.15, 0.2) is 0 Å². The van der Waals surface area contributed by atoms with E-state index in [4.69, 9.17) is 0 Å². The minimum atomic E-state index is -0.664. The van der Waals surface area contributed by atoms with Crippen LogP contribution in [0.3, 0.4) is 0 Å². The lowest BCUT2D eigenvalue weighted by atomic mass is 10.0. The number of aliphatic hydroxyl groups excluding tert-OH is 2. The monoisotopic (exact) mass is 788 g/mol. The van der Waals surface area contributed by atoms with E-state index in [0.29, 0.717) is 12.8 Å². The molecule has 2 atom stereocenters. The Bertz CT molecular complexity index is 810. The second kappa shape index (κ2) is 48.2. The quantitative estimate of drug-likeness (QED) is 0.0425. The van der Waals surface area contributed by atoms with Crippen LogP contribution in [0.1, 0.15) is 284 Å². The Labute approximate surface area is 351 Å². The van der Waals surface area contributed by atoms with Gasteiger partial charge in [0.05, 0.1) is 18.8 Å². The number of unbranched alkanes of at least 4 members (excludes halogenated alkanes) is 36. The van der Waals surface area contributed by atoms with Crippen molar-refractivity contribution >= 4 is 5.91 Å². The van der Waals surface area contributed by atoms with E-state index in [1.54, 1.807) is 0 Å². The van der Waals surface area contributed by atoms with Crippen molar-refractivity contribution in [1.29, 1.82) is 0 Å². The number of hydrogen-bond acceptors (Lipinski definition) is 3. The van der Waals surface area contributed by atoms with E-state index in [1.807, 2.05) is 0 Å². The molecule has 0 aromatic rings. The van der Waals surface area contributed by atoms with Crippen molar-refractivity contribution in [3.05, 3.63) is 24.3 Å². The molecule has 332 valence electrons. The maximum atomic E-state index is 12.4. The molecule has 0 aliphatic carbocycles. The first-order valence-electron chi connectivity index (χ1n) is 25.5. The first-order chi connectivity index (χ1) is 27.7. The number of allylic oxidation sites excluding steroid dienone is 4. The van der Waals surface area contributed by atoms with Gasteiger partial charge in [-0.1, -0.05) is 256 Å². The molecule has 0 aliphatic heterocycles. The molecule has 0 saturated carbocycles. The zero-order valence-corrected chi connectivity index (χ0v) is 38.2. The Kier molecular flexibility index (Phi) is 47.3. The SMILES string of the molecule is CCCCC/C=C\C/C=C\CCCCCCCC(=O)NC(CO)C(O)CCCCCCCCCCCCCCCCCCCCCCCCCCCCCCC. The highest BCUT2D eigenvalue weighted by Gasteiger charge is 2.20. The molecule has 56 heavy (non-hydrogen) atoms. The number of amides is 1. The molecule has 1 amide bonds. The lowest BCUT2D eigenvalue weighted by Gasteiger charge is -2.22. The largest absolute Gasteiger partial charge is 0.394 e. The topological polar surface area (TPSA) is 69.6 Å². The number of aliphatic hydroxyl groups is 2. The number of hydrogen-bond donors (Lipinski definition) is 3. The molecule has 4 nitrogen and oxygen atoms in total. The zero-order valence-electron chi connectivity index (χ0n) is 38.2. The molecule has 0 spiro atoms. The zero-order chi connectivity index (χ0) is 40.7. The maximum absolute atomic E-state index is 12.4. The highest BCUT2D eigenvalue weighted by atomic mass is 16.3. The van der Waals surface area contributed by atoms with Gasteiger partial charge in [0.1, 0.15) is 0 Å². The van der Waals surface area contributed by atoms with Gasteiger partial charge in [0.2, 0.25) is 5.91 Å². The van der Waals surface area contributed by atoms with E-state index in [-0.39, 0.29) is 12.5 Å². The fourth-order valence-electron chi connectivity index (χ4n) is 8.04. The average Bonchev–Trinajstić information content (AvgIpc) is 3.20. The molecule has 4 heteroatoms. The average molecular weight is 788 g/mol. The lowest BCUT2D eigenvalue weighted by molar-refractivity contribution is -0.123. The summed E-state index contributed by atoms with van der Waals surface area (Å²) in [5, 5.41) is 23.2. The Balaban J connectivity index is 3.42. The van der Waals surface area contributed by atoms with Crippen LogP contribution < -0.4 is 5.32 Å². The highest BCUT2D eigenvalue weighted by molar-refractivity contribution is 5.76. The summed E-state index contributed by atoms with van der Waals surface area (Å²) in [7, 11) is 0. The molecule has 2 unspecified atom stereocenters. The summed E-state index contributed by atoms with van der Waals surface area (Å²) in [6.07, 6.45) is 62.9. The van der Waals surface area contributed by atoms with E-state index >= 15 is 0 Å². The van der Waals surface area contributed by atoms with E-state index in [9.17, 15) is 15.0 Å². The lowest BCUT2D eigenvalue weighted by Crippen LogP contribution is -2.45. The molecule has 0 aromatic heterocycles. The van der Waals surface area contributed by atoms with Gasteiger partial charge in [-0.25, -0.2) is 0 Å². The van der Waals surface area contributed by atoms with E-state index in [1.165, 1.54) is 212 Å². The van der Waals surface area contributed by atoms with Crippen LogP contribution in [-0.4, -0.2) is 34.9 Å². The molecule has 0 aliphatic rings. The van der Waals surface area contributed by atoms with Crippen LogP contribution in [0.15, 0.2) is 24.3 Å². The molecule has 0 radical (unpaired) electrons. The Morgan fingerprint density at radius 3 is 1.11 bits per heavy atom. The van der Waals surface area contributed by atoms with Crippen molar-refractivity contribution in [3.63, 3.8) is 0 Å². The Hall–Kier alpha value is -1.13.